The van der Waals surface area contributed by atoms with Crippen molar-refractivity contribution in [2.45, 2.75) is 6.92 Å². The first kappa shape index (κ1) is 13.4. The first-order valence-electron chi connectivity index (χ1n) is 5.06. The lowest BCUT2D eigenvalue weighted by Gasteiger charge is -2.11. The summed E-state index contributed by atoms with van der Waals surface area (Å²) in [6, 6.07) is 3.40. The lowest BCUT2D eigenvalue weighted by Crippen LogP contribution is -2.05. The molecule has 17 heavy (non-hydrogen) atoms. The van der Waals surface area contributed by atoms with Gasteiger partial charge in [-0.25, -0.2) is 0 Å². The molecule has 5 heteroatoms. The summed E-state index contributed by atoms with van der Waals surface area (Å²) in [5, 5.41) is 0.419. The van der Waals surface area contributed by atoms with Gasteiger partial charge in [-0.2, -0.15) is 0 Å². The van der Waals surface area contributed by atoms with Gasteiger partial charge in [0.1, 0.15) is 0 Å². The Bertz CT molecular complexity index is 444. The maximum Gasteiger partial charge on any atom is 0.241 e. The third kappa shape index (κ3) is 3.67. The highest BCUT2D eigenvalue weighted by Crippen LogP contribution is 2.36. The molecule has 1 rings (SSSR count). The normalized spacial score (nSPS) is 10.5. The Kier molecular flexibility index (Phi) is 4.84. The van der Waals surface area contributed by atoms with E-state index < -0.39 is 5.91 Å². The largest absolute Gasteiger partial charge is 0.491 e. The van der Waals surface area contributed by atoms with Gasteiger partial charge in [0.05, 0.1) is 18.7 Å². The summed E-state index contributed by atoms with van der Waals surface area (Å²) < 4.78 is 10.5. The van der Waals surface area contributed by atoms with Crippen molar-refractivity contribution in [1.29, 1.82) is 0 Å². The molecule has 0 heterocycles. The van der Waals surface area contributed by atoms with Crippen molar-refractivity contribution in [2.75, 3.05) is 13.7 Å². The zero-order valence-electron chi connectivity index (χ0n) is 9.70. The molecule has 1 aromatic carbocycles. The van der Waals surface area contributed by atoms with Gasteiger partial charge in [-0.3, -0.25) is 4.79 Å². The van der Waals surface area contributed by atoms with Crippen LogP contribution in [-0.2, 0) is 4.79 Å². The van der Waals surface area contributed by atoms with E-state index in [1.807, 2.05) is 6.92 Å². The van der Waals surface area contributed by atoms with E-state index in [0.29, 0.717) is 23.1 Å². The summed E-state index contributed by atoms with van der Waals surface area (Å²) >= 11 is 6.03. The monoisotopic (exact) mass is 255 g/mol. The fourth-order valence-electron chi connectivity index (χ4n) is 1.32. The van der Waals surface area contributed by atoms with Crippen molar-refractivity contribution < 1.29 is 14.3 Å². The molecule has 0 unspecified atom stereocenters. The predicted molar refractivity (Wildman–Crippen MR) is 67.4 cm³/mol. The first-order chi connectivity index (χ1) is 8.08. The molecular formula is C12H14ClNO3. The van der Waals surface area contributed by atoms with Crippen LogP contribution >= 0.6 is 11.6 Å². The van der Waals surface area contributed by atoms with Gasteiger partial charge in [-0.05, 0) is 30.7 Å². The number of methoxy groups -OCH3 is 1. The Morgan fingerprint density at radius 1 is 1.53 bits per heavy atom. The first-order valence-corrected chi connectivity index (χ1v) is 5.44. The smallest absolute Gasteiger partial charge is 0.241 e. The minimum Gasteiger partial charge on any atom is -0.491 e. The Morgan fingerprint density at radius 3 is 2.76 bits per heavy atom. The predicted octanol–water partition coefficient (Wildman–Crippen LogP) is 2.25. The van der Waals surface area contributed by atoms with Crippen LogP contribution < -0.4 is 15.2 Å². The van der Waals surface area contributed by atoms with Crippen molar-refractivity contribution in [1.82, 2.24) is 0 Å². The molecule has 0 aromatic heterocycles. The van der Waals surface area contributed by atoms with Gasteiger partial charge in [0.15, 0.2) is 11.5 Å². The fraction of sp³-hybridized carbons (Fsp3) is 0.250. The van der Waals surface area contributed by atoms with Crippen LogP contribution in [0.4, 0.5) is 0 Å². The molecule has 0 fully saturated rings. The van der Waals surface area contributed by atoms with Gasteiger partial charge in [-0.1, -0.05) is 11.6 Å². The molecule has 0 atom stereocenters. The topological polar surface area (TPSA) is 61.5 Å². The zero-order valence-corrected chi connectivity index (χ0v) is 10.5. The van der Waals surface area contributed by atoms with Crippen molar-refractivity contribution in [2.24, 2.45) is 5.73 Å². The molecule has 0 spiro atoms. The number of benzene rings is 1. The van der Waals surface area contributed by atoms with Crippen LogP contribution in [0.25, 0.3) is 6.08 Å². The van der Waals surface area contributed by atoms with Crippen molar-refractivity contribution in [3.63, 3.8) is 0 Å². The average Bonchev–Trinajstić information content (AvgIpc) is 2.26. The minimum atomic E-state index is -0.519. The molecular weight excluding hydrogens is 242 g/mol. The number of ether oxygens (including phenoxy) is 2. The standard InChI is InChI=1S/C12H14ClNO3/c1-3-17-10-7-8(4-5-11(14)15)6-9(13)12(10)16-2/h4-7H,3H2,1-2H3,(H2,14,15)/b5-4-. The molecule has 0 saturated carbocycles. The summed E-state index contributed by atoms with van der Waals surface area (Å²) in [6.07, 6.45) is 2.82. The number of halogens is 1. The summed E-state index contributed by atoms with van der Waals surface area (Å²) in [6.45, 7) is 2.36. The number of carbonyl (C=O) groups excluding carboxylic acids is 1. The third-order valence-electron chi connectivity index (χ3n) is 1.98. The Balaban J connectivity index is 3.14. The van der Waals surface area contributed by atoms with Gasteiger partial charge >= 0.3 is 0 Å². The zero-order chi connectivity index (χ0) is 12.8. The van der Waals surface area contributed by atoms with Crippen molar-refractivity contribution in [3.05, 3.63) is 28.8 Å². The van der Waals surface area contributed by atoms with Gasteiger partial charge in [-0.15, -0.1) is 0 Å². The molecule has 0 bridgehead atoms. The van der Waals surface area contributed by atoms with E-state index in [0.717, 1.165) is 5.56 Å². The maximum atomic E-state index is 10.6. The highest BCUT2D eigenvalue weighted by Gasteiger charge is 2.10. The van der Waals surface area contributed by atoms with Crippen LogP contribution in [0.5, 0.6) is 11.5 Å². The summed E-state index contributed by atoms with van der Waals surface area (Å²) in [5.74, 6) is 0.492. The molecule has 4 nitrogen and oxygen atoms in total. The molecule has 92 valence electrons. The second kappa shape index (κ2) is 6.15. The number of rotatable bonds is 5. The van der Waals surface area contributed by atoms with Crippen molar-refractivity contribution >= 4 is 23.6 Å². The van der Waals surface area contributed by atoms with Crippen LogP contribution in [0.2, 0.25) is 5.02 Å². The SMILES string of the molecule is CCOc1cc(/C=C\C(N)=O)cc(Cl)c1OC. The second-order valence-corrected chi connectivity index (χ2v) is 3.61. The van der Waals surface area contributed by atoms with E-state index in [2.05, 4.69) is 0 Å². The molecule has 1 amide bonds. The van der Waals surface area contributed by atoms with Crippen LogP contribution in [0.3, 0.4) is 0 Å². The number of nitrogens with two attached hydrogens (primary N) is 1. The van der Waals surface area contributed by atoms with Crippen LogP contribution in [-0.4, -0.2) is 19.6 Å². The van der Waals surface area contributed by atoms with Crippen molar-refractivity contribution in [3.8, 4) is 11.5 Å². The van der Waals surface area contributed by atoms with E-state index in [1.54, 1.807) is 18.2 Å². The summed E-state index contributed by atoms with van der Waals surface area (Å²) in [7, 11) is 1.52. The third-order valence-corrected chi connectivity index (χ3v) is 2.26. The van der Waals surface area contributed by atoms with Gasteiger partial charge in [0.25, 0.3) is 0 Å². The maximum absolute atomic E-state index is 10.6. The lowest BCUT2D eigenvalue weighted by molar-refractivity contribution is -0.113. The highest BCUT2D eigenvalue weighted by molar-refractivity contribution is 6.32. The number of hydrogen-bond donors (Lipinski definition) is 1. The quantitative estimate of drug-likeness (QED) is 0.821. The van der Waals surface area contributed by atoms with Crippen LogP contribution in [0.1, 0.15) is 12.5 Å². The Hall–Kier alpha value is -1.68. The lowest BCUT2D eigenvalue weighted by atomic mass is 10.2. The highest BCUT2D eigenvalue weighted by atomic mass is 35.5. The molecule has 0 aliphatic rings. The minimum absolute atomic E-state index is 0.419. The van der Waals surface area contributed by atoms with E-state index in [9.17, 15) is 4.79 Å². The summed E-state index contributed by atoms with van der Waals surface area (Å²) in [5.41, 5.74) is 5.74. The van der Waals surface area contributed by atoms with E-state index in [-0.39, 0.29) is 0 Å². The van der Waals surface area contributed by atoms with Crippen LogP contribution in [0, 0.1) is 0 Å². The summed E-state index contributed by atoms with van der Waals surface area (Å²) in [4.78, 5) is 10.6. The molecule has 0 aliphatic heterocycles. The van der Waals surface area contributed by atoms with Gasteiger partial charge in [0, 0.05) is 6.08 Å². The molecule has 0 saturated heterocycles. The second-order valence-electron chi connectivity index (χ2n) is 3.20. The van der Waals surface area contributed by atoms with Crippen LogP contribution in [0.15, 0.2) is 18.2 Å². The molecule has 2 N–H and O–H groups in total. The molecule has 0 radical (unpaired) electrons. The molecule has 1 aromatic rings. The average molecular weight is 256 g/mol. The van der Waals surface area contributed by atoms with E-state index >= 15 is 0 Å². The van der Waals surface area contributed by atoms with Gasteiger partial charge < -0.3 is 15.2 Å². The number of carbonyl (C=O) groups is 1. The Labute approximate surface area is 105 Å². The number of primary amides is 1. The number of amides is 1. The number of hydrogen-bond acceptors (Lipinski definition) is 3. The fourth-order valence-corrected chi connectivity index (χ4v) is 1.62. The molecule has 0 aliphatic carbocycles. The van der Waals surface area contributed by atoms with Gasteiger partial charge in [0.2, 0.25) is 5.91 Å². The Morgan fingerprint density at radius 2 is 2.24 bits per heavy atom. The van der Waals surface area contributed by atoms with E-state index in [4.69, 9.17) is 26.8 Å². The van der Waals surface area contributed by atoms with E-state index in [1.165, 1.54) is 13.2 Å².